The zero-order chi connectivity index (χ0) is 34.6. The maximum atomic E-state index is 6.77. The zero-order valence-electron chi connectivity index (χ0n) is 28.1. The molecule has 0 bridgehead atoms. The van der Waals surface area contributed by atoms with Gasteiger partial charge in [-0.3, -0.25) is 0 Å². The maximum absolute atomic E-state index is 6.77. The number of para-hydroxylation sites is 5. The summed E-state index contributed by atoms with van der Waals surface area (Å²) in [4.78, 5) is 16.0. The van der Waals surface area contributed by atoms with E-state index < -0.39 is 0 Å². The van der Waals surface area contributed by atoms with E-state index in [4.69, 9.17) is 19.7 Å². The van der Waals surface area contributed by atoms with E-state index in [1.165, 1.54) is 25.3 Å². The number of hydrogen-bond acceptors (Lipinski definition) is 4. The summed E-state index contributed by atoms with van der Waals surface area (Å²) in [6, 6.07) is 55.7. The summed E-state index contributed by atoms with van der Waals surface area (Å²) in [6.45, 7) is 0.116. The van der Waals surface area contributed by atoms with Crippen LogP contribution in [0.15, 0.2) is 158 Å². The number of aromatic nitrogens is 5. The Kier molecular flexibility index (Phi) is 6.06. The van der Waals surface area contributed by atoms with Crippen molar-refractivity contribution in [3.05, 3.63) is 158 Å². The van der Waals surface area contributed by atoms with Gasteiger partial charge in [-0.15, -0.1) is 0 Å². The average Bonchev–Trinajstić information content (AvgIpc) is 3.74. The molecular formula is C45H26BN5OSe. The Morgan fingerprint density at radius 2 is 0.943 bits per heavy atom. The molecule has 0 aliphatic carbocycles. The summed E-state index contributed by atoms with van der Waals surface area (Å²) < 4.78 is 13.8. The molecule has 0 saturated heterocycles. The van der Waals surface area contributed by atoms with E-state index in [1.807, 2.05) is 0 Å². The molecule has 53 heavy (non-hydrogen) atoms. The van der Waals surface area contributed by atoms with Crippen LogP contribution in [0.25, 0.3) is 66.9 Å². The third-order valence-electron chi connectivity index (χ3n) is 10.7. The Balaban J connectivity index is 1.16. The average molecular weight is 743 g/mol. The number of hydrogen-bond donors (Lipinski definition) is 0. The van der Waals surface area contributed by atoms with Crippen molar-refractivity contribution in [2.75, 3.05) is 0 Å². The predicted molar refractivity (Wildman–Crippen MR) is 217 cm³/mol. The normalized spacial score (nSPS) is 12.9. The third-order valence-corrected chi connectivity index (χ3v) is 13.1. The van der Waals surface area contributed by atoms with Crippen LogP contribution < -0.4 is 30.0 Å². The zero-order valence-corrected chi connectivity index (χ0v) is 29.9. The van der Waals surface area contributed by atoms with Crippen LogP contribution in [0.2, 0.25) is 0 Å². The number of benzene rings is 7. The topological polar surface area (TPSA) is 57.8 Å². The molecule has 246 valence electrons. The molecule has 0 saturated carbocycles. The Labute approximate surface area is 310 Å². The van der Waals surface area contributed by atoms with Crippen molar-refractivity contribution in [3.8, 4) is 34.8 Å². The van der Waals surface area contributed by atoms with Crippen LogP contribution in [0, 0.1) is 0 Å². The molecule has 0 atom stereocenters. The summed E-state index contributed by atoms with van der Waals surface area (Å²) in [7, 11) is 0. The number of ether oxygens (including phenoxy) is 1. The fraction of sp³-hybridized carbons (Fsp3) is 0. The number of fused-ring (bicyclic) bond motifs is 10. The molecule has 6 nitrogen and oxygen atoms in total. The standard InChI is InChI=1S/C45H26BN5OSe/c1-7-19-34-28(13-1)29-14-2-8-20-35(29)50(34)44-47-43(48-45(49-44)51-36-21-9-3-15-30(36)31-16-4-10-22-37(31)51)27-25-39-42-41(26-27)53-40-24-12-6-18-33(40)46(42)32-17-5-11-23-38(32)52-39/h1-26H. The van der Waals surface area contributed by atoms with Crippen LogP contribution in [0.1, 0.15) is 0 Å². The van der Waals surface area contributed by atoms with Crippen LogP contribution in [0.3, 0.4) is 0 Å². The van der Waals surface area contributed by atoms with Gasteiger partial charge in [-0.2, -0.15) is 0 Å². The van der Waals surface area contributed by atoms with Crippen molar-refractivity contribution < 1.29 is 4.74 Å². The summed E-state index contributed by atoms with van der Waals surface area (Å²) in [6.07, 6.45) is 0. The molecule has 0 unspecified atom stereocenters. The first-order chi connectivity index (χ1) is 26.3. The van der Waals surface area contributed by atoms with Gasteiger partial charge >= 0.3 is 312 Å². The van der Waals surface area contributed by atoms with Gasteiger partial charge in [0.2, 0.25) is 0 Å². The number of nitrogens with zero attached hydrogens (tertiary/aromatic N) is 5. The molecule has 7 aromatic carbocycles. The Morgan fingerprint density at radius 3 is 1.53 bits per heavy atom. The molecule has 2 aliphatic rings. The monoisotopic (exact) mass is 743 g/mol. The van der Waals surface area contributed by atoms with Crippen molar-refractivity contribution in [2.24, 2.45) is 0 Å². The summed E-state index contributed by atoms with van der Waals surface area (Å²) >= 11 is 0.0706. The van der Waals surface area contributed by atoms with Gasteiger partial charge in [0.25, 0.3) is 0 Å². The van der Waals surface area contributed by atoms with Gasteiger partial charge in [0.1, 0.15) is 0 Å². The third kappa shape index (κ3) is 4.19. The van der Waals surface area contributed by atoms with E-state index in [1.54, 1.807) is 0 Å². The number of rotatable bonds is 3. The first kappa shape index (κ1) is 29.1. The van der Waals surface area contributed by atoms with Crippen LogP contribution in [0.5, 0.6) is 11.5 Å². The SMILES string of the molecule is c1ccc2c(c1)Oc1cc(-c3nc(-n4c5ccccc5c5ccccc54)nc(-n4c5ccccc5c5ccccc54)n3)cc3c1B2c1ccccc1[Se]3. The molecule has 8 heteroatoms. The van der Waals surface area contributed by atoms with E-state index >= 15 is 0 Å². The second kappa shape index (κ2) is 11.0. The Bertz CT molecular complexity index is 2860. The van der Waals surface area contributed by atoms with Gasteiger partial charge in [-0.1, -0.05) is 0 Å². The van der Waals surface area contributed by atoms with Crippen molar-refractivity contribution in [1.29, 1.82) is 0 Å². The molecule has 5 heterocycles. The molecule has 0 N–H and O–H groups in total. The van der Waals surface area contributed by atoms with E-state index in [9.17, 15) is 0 Å². The molecule has 0 fully saturated rings. The van der Waals surface area contributed by atoms with Gasteiger partial charge in [0.05, 0.1) is 0 Å². The van der Waals surface area contributed by atoms with Gasteiger partial charge in [-0.25, -0.2) is 0 Å². The molecule has 0 amide bonds. The first-order valence-corrected chi connectivity index (χ1v) is 19.4. The summed E-state index contributed by atoms with van der Waals surface area (Å²) in [5.41, 5.74) is 8.91. The van der Waals surface area contributed by atoms with Gasteiger partial charge in [0.15, 0.2) is 0 Å². The summed E-state index contributed by atoms with van der Waals surface area (Å²) in [5.74, 6) is 3.49. The van der Waals surface area contributed by atoms with E-state index in [2.05, 4.69) is 167 Å². The second-order valence-electron chi connectivity index (χ2n) is 13.6. The van der Waals surface area contributed by atoms with Gasteiger partial charge < -0.3 is 0 Å². The van der Waals surface area contributed by atoms with Crippen molar-refractivity contribution in [1.82, 2.24) is 24.1 Å². The minimum absolute atomic E-state index is 0.0706. The fourth-order valence-electron chi connectivity index (χ4n) is 8.48. The van der Waals surface area contributed by atoms with Crippen molar-refractivity contribution in [2.45, 2.75) is 0 Å². The molecule has 0 spiro atoms. The van der Waals surface area contributed by atoms with Crippen LogP contribution in [0.4, 0.5) is 0 Å². The first-order valence-electron chi connectivity index (χ1n) is 17.7. The molecule has 12 rings (SSSR count). The quantitative estimate of drug-likeness (QED) is 0.199. The molecule has 2 aliphatic heterocycles. The van der Waals surface area contributed by atoms with Crippen LogP contribution >= 0.6 is 0 Å². The molecule has 3 aromatic heterocycles. The van der Waals surface area contributed by atoms with Gasteiger partial charge in [0, 0.05) is 0 Å². The van der Waals surface area contributed by atoms with Gasteiger partial charge in [-0.05, 0) is 0 Å². The van der Waals surface area contributed by atoms with E-state index in [0.29, 0.717) is 17.7 Å². The molecule has 0 radical (unpaired) electrons. The molecular weight excluding hydrogens is 716 g/mol. The Hall–Kier alpha value is -6.47. The van der Waals surface area contributed by atoms with Crippen LogP contribution in [-0.4, -0.2) is 45.8 Å². The van der Waals surface area contributed by atoms with Crippen molar-refractivity contribution in [3.63, 3.8) is 0 Å². The van der Waals surface area contributed by atoms with Crippen LogP contribution in [-0.2, 0) is 0 Å². The second-order valence-corrected chi connectivity index (χ2v) is 15.9. The van der Waals surface area contributed by atoms with Crippen molar-refractivity contribution >= 4 is 90.6 Å². The minimum atomic E-state index is 0.0706. The summed E-state index contributed by atoms with van der Waals surface area (Å²) in [5, 5.41) is 4.62. The fourth-order valence-corrected chi connectivity index (χ4v) is 11.0. The molecule has 10 aromatic rings. The van der Waals surface area contributed by atoms with E-state index in [0.717, 1.165) is 60.7 Å². The Morgan fingerprint density at radius 1 is 0.453 bits per heavy atom. The predicted octanol–water partition coefficient (Wildman–Crippen LogP) is 6.32. The van der Waals surface area contributed by atoms with E-state index in [-0.39, 0.29) is 21.7 Å².